The Hall–Kier alpha value is -2.82. The molecule has 0 saturated carbocycles. The van der Waals surface area contributed by atoms with Crippen LogP contribution in [-0.4, -0.2) is 63.5 Å². The highest BCUT2D eigenvalue weighted by atomic mass is 32.1. The average molecular weight is 544 g/mol. The van der Waals surface area contributed by atoms with E-state index in [0.29, 0.717) is 13.0 Å². The first-order chi connectivity index (χ1) is 17.8. The summed E-state index contributed by atoms with van der Waals surface area (Å²) in [6.45, 7) is 11.8. The second-order valence-electron chi connectivity index (χ2n) is 11.6. The number of aliphatic hydroxyl groups excluding tert-OH is 1. The first kappa shape index (κ1) is 29.7. The number of aliphatic hydroxyl groups is 1. The summed E-state index contributed by atoms with van der Waals surface area (Å²) in [7, 11) is 0. The maximum absolute atomic E-state index is 13.7. The number of thiazole rings is 1. The number of hydrogen-bond donors (Lipinski definition) is 4. The second-order valence-corrected chi connectivity index (χ2v) is 12.5. The van der Waals surface area contributed by atoms with Gasteiger partial charge < -0.3 is 26.4 Å². The van der Waals surface area contributed by atoms with E-state index in [0.717, 1.165) is 21.7 Å². The van der Waals surface area contributed by atoms with E-state index in [9.17, 15) is 19.5 Å². The highest BCUT2D eigenvalue weighted by molar-refractivity contribution is 7.13. The van der Waals surface area contributed by atoms with Crippen LogP contribution in [0, 0.1) is 18.3 Å². The summed E-state index contributed by atoms with van der Waals surface area (Å²) in [6, 6.07) is 5.44. The summed E-state index contributed by atoms with van der Waals surface area (Å²) in [5.41, 5.74) is 10.2. The second kappa shape index (κ2) is 12.4. The van der Waals surface area contributed by atoms with Gasteiger partial charge in [0.1, 0.15) is 12.1 Å². The van der Waals surface area contributed by atoms with Gasteiger partial charge in [-0.2, -0.15) is 0 Å². The number of likely N-dealkylation sites (tertiary alicyclic amines) is 1. The summed E-state index contributed by atoms with van der Waals surface area (Å²) >= 11 is 1.58. The molecule has 3 amide bonds. The molecule has 4 unspecified atom stereocenters. The van der Waals surface area contributed by atoms with Gasteiger partial charge >= 0.3 is 0 Å². The van der Waals surface area contributed by atoms with Crippen molar-refractivity contribution < 1.29 is 19.5 Å². The Bertz CT molecular complexity index is 1130. The number of aryl methyl sites for hydroxylation is 1. The van der Waals surface area contributed by atoms with Crippen LogP contribution in [0.4, 0.5) is 0 Å². The van der Waals surface area contributed by atoms with Crippen molar-refractivity contribution in [2.45, 2.75) is 85.2 Å². The van der Waals surface area contributed by atoms with E-state index < -0.39 is 41.5 Å². The quantitative estimate of drug-likeness (QED) is 0.384. The van der Waals surface area contributed by atoms with E-state index in [1.165, 1.54) is 4.90 Å². The lowest BCUT2D eigenvalue weighted by molar-refractivity contribution is -0.144. The summed E-state index contributed by atoms with van der Waals surface area (Å²) in [5, 5.41) is 16.1. The molecule has 1 aromatic carbocycles. The fraction of sp³-hybridized carbons (Fsp3) is 0.571. The van der Waals surface area contributed by atoms with Crippen LogP contribution in [0.25, 0.3) is 10.4 Å². The van der Waals surface area contributed by atoms with Gasteiger partial charge in [0.05, 0.1) is 28.2 Å². The lowest BCUT2D eigenvalue weighted by Crippen LogP contribution is -2.59. The van der Waals surface area contributed by atoms with Gasteiger partial charge in [0.15, 0.2) is 0 Å². The molecule has 38 heavy (non-hydrogen) atoms. The van der Waals surface area contributed by atoms with Gasteiger partial charge in [-0.3, -0.25) is 14.4 Å². The molecule has 208 valence electrons. The molecule has 2 aromatic rings. The van der Waals surface area contributed by atoms with Crippen LogP contribution in [0.1, 0.15) is 58.7 Å². The Labute approximate surface area is 229 Å². The molecule has 5 N–H and O–H groups in total. The van der Waals surface area contributed by atoms with Crippen molar-refractivity contribution in [2.75, 3.05) is 6.54 Å². The minimum Gasteiger partial charge on any atom is -0.391 e. The van der Waals surface area contributed by atoms with Gasteiger partial charge in [-0.1, -0.05) is 58.9 Å². The van der Waals surface area contributed by atoms with Gasteiger partial charge in [0.25, 0.3) is 0 Å². The van der Waals surface area contributed by atoms with Crippen LogP contribution < -0.4 is 16.4 Å². The Kier molecular flexibility index (Phi) is 9.67. The molecule has 0 radical (unpaired) electrons. The smallest absolute Gasteiger partial charge is 0.246 e. The summed E-state index contributed by atoms with van der Waals surface area (Å²) in [5.74, 6) is -0.907. The van der Waals surface area contributed by atoms with E-state index in [2.05, 4.69) is 15.6 Å². The first-order valence-electron chi connectivity index (χ1n) is 13.1. The Morgan fingerprint density at radius 3 is 2.42 bits per heavy atom. The van der Waals surface area contributed by atoms with Crippen LogP contribution in [-0.2, 0) is 20.9 Å². The monoisotopic (exact) mass is 543 g/mol. The molecule has 1 aliphatic heterocycles. The standard InChI is InChI=1S/C28H41N5O4S/c1-16(2)11-21(29)25(35)32-24(28(4,5)6)27(37)33-14-20(34)12-22(33)26(36)30-13-18-7-9-19(10-8-18)23-17(3)31-15-38-23/h7-10,15-16,20-22,24,34H,11-14,29H2,1-6H3,(H,30,36)(H,32,35). The molecular weight excluding hydrogens is 502 g/mol. The minimum absolute atomic E-state index is 0.0281. The summed E-state index contributed by atoms with van der Waals surface area (Å²) in [4.78, 5) is 46.4. The highest BCUT2D eigenvalue weighted by Gasteiger charge is 2.44. The van der Waals surface area contributed by atoms with Crippen LogP contribution in [0.3, 0.4) is 0 Å². The number of β-amino-alcohol motifs (C(OH)–C–C–N with tert-alkyl or cyclic N) is 1. The zero-order chi connectivity index (χ0) is 28.2. The molecule has 9 nitrogen and oxygen atoms in total. The number of hydrogen-bond acceptors (Lipinski definition) is 7. The van der Waals surface area contributed by atoms with Gasteiger partial charge in [-0.25, -0.2) is 4.98 Å². The molecule has 0 bridgehead atoms. The van der Waals surface area contributed by atoms with Gasteiger partial charge in [0, 0.05) is 19.5 Å². The number of carbonyl (C=O) groups excluding carboxylic acids is 3. The average Bonchev–Trinajstić information content (AvgIpc) is 3.45. The molecule has 0 spiro atoms. The van der Waals surface area contributed by atoms with E-state index >= 15 is 0 Å². The Morgan fingerprint density at radius 2 is 1.87 bits per heavy atom. The lowest BCUT2D eigenvalue weighted by Gasteiger charge is -2.36. The molecule has 1 aromatic heterocycles. The number of nitrogens with zero attached hydrogens (tertiary/aromatic N) is 2. The van der Waals surface area contributed by atoms with Crippen molar-refractivity contribution in [3.63, 3.8) is 0 Å². The van der Waals surface area contributed by atoms with Crippen LogP contribution in [0.15, 0.2) is 29.8 Å². The van der Waals surface area contributed by atoms with Crippen LogP contribution in [0.5, 0.6) is 0 Å². The maximum Gasteiger partial charge on any atom is 0.246 e. The third-order valence-corrected chi connectivity index (χ3v) is 7.73. The third-order valence-electron chi connectivity index (χ3n) is 6.75. The zero-order valence-electron chi connectivity index (χ0n) is 23.2. The van der Waals surface area contributed by atoms with Crippen LogP contribution in [0.2, 0.25) is 0 Å². The zero-order valence-corrected chi connectivity index (χ0v) is 24.0. The molecular formula is C28H41N5O4S. The van der Waals surface area contributed by atoms with Crippen molar-refractivity contribution >= 4 is 29.1 Å². The predicted molar refractivity (Wildman–Crippen MR) is 149 cm³/mol. The van der Waals surface area contributed by atoms with Crippen LogP contribution >= 0.6 is 11.3 Å². The van der Waals surface area contributed by atoms with E-state index in [1.807, 2.05) is 71.3 Å². The van der Waals surface area contributed by atoms with E-state index in [1.54, 1.807) is 11.3 Å². The van der Waals surface area contributed by atoms with Crippen molar-refractivity contribution in [1.82, 2.24) is 20.5 Å². The third kappa shape index (κ3) is 7.39. The van der Waals surface area contributed by atoms with E-state index in [-0.39, 0.29) is 24.8 Å². The molecule has 4 atom stereocenters. The number of nitrogens with one attached hydrogen (secondary N) is 2. The lowest BCUT2D eigenvalue weighted by atomic mass is 9.85. The number of benzene rings is 1. The summed E-state index contributed by atoms with van der Waals surface area (Å²) < 4.78 is 0. The highest BCUT2D eigenvalue weighted by Crippen LogP contribution is 2.28. The predicted octanol–water partition coefficient (Wildman–Crippen LogP) is 2.60. The molecule has 10 heteroatoms. The molecule has 0 aliphatic carbocycles. The fourth-order valence-electron chi connectivity index (χ4n) is 4.64. The molecule has 3 rings (SSSR count). The molecule has 1 fully saturated rings. The first-order valence-corrected chi connectivity index (χ1v) is 14.0. The summed E-state index contributed by atoms with van der Waals surface area (Å²) in [6.07, 6.45) is -0.190. The van der Waals surface area contributed by atoms with Crippen molar-refractivity contribution in [1.29, 1.82) is 0 Å². The normalized spacial score (nSPS) is 19.3. The van der Waals surface area contributed by atoms with Crippen molar-refractivity contribution in [3.05, 3.63) is 41.0 Å². The largest absolute Gasteiger partial charge is 0.391 e. The Morgan fingerprint density at radius 1 is 1.21 bits per heavy atom. The van der Waals surface area contributed by atoms with E-state index in [4.69, 9.17) is 5.73 Å². The fourth-order valence-corrected chi connectivity index (χ4v) is 5.46. The molecule has 1 saturated heterocycles. The number of aromatic nitrogens is 1. The number of rotatable bonds is 9. The Balaban J connectivity index is 1.68. The van der Waals surface area contributed by atoms with Crippen molar-refractivity contribution in [3.8, 4) is 10.4 Å². The number of carbonyl (C=O) groups is 3. The van der Waals surface area contributed by atoms with Gasteiger partial charge in [0.2, 0.25) is 17.7 Å². The van der Waals surface area contributed by atoms with Gasteiger partial charge in [-0.15, -0.1) is 11.3 Å². The molecule has 2 heterocycles. The van der Waals surface area contributed by atoms with Crippen molar-refractivity contribution in [2.24, 2.45) is 17.1 Å². The SMILES string of the molecule is Cc1ncsc1-c1ccc(CNC(=O)C2CC(O)CN2C(=O)C(NC(=O)C(N)CC(C)C)C(C)(C)C)cc1. The topological polar surface area (TPSA) is 138 Å². The molecule has 1 aliphatic rings. The maximum atomic E-state index is 13.7. The minimum atomic E-state index is -0.892. The van der Waals surface area contributed by atoms with Gasteiger partial charge in [-0.05, 0) is 35.8 Å². The number of amides is 3. The number of nitrogens with two attached hydrogens (primary N) is 1.